The number of aromatic carboxylic acids is 1. The van der Waals surface area contributed by atoms with Gasteiger partial charge in [0.2, 0.25) is 0 Å². The van der Waals surface area contributed by atoms with Crippen LogP contribution in [-0.4, -0.2) is 45.0 Å². The second-order valence-electron chi connectivity index (χ2n) is 5.36. The Hall–Kier alpha value is -1.88. The molecule has 2 aromatic rings. The molecule has 0 radical (unpaired) electrons. The number of pyridine rings is 1. The second kappa shape index (κ2) is 5.25. The highest BCUT2D eigenvalue weighted by atomic mass is 16.4. The molecule has 5 nitrogen and oxygen atoms in total. The third-order valence-electron chi connectivity index (χ3n) is 4.10. The largest absolute Gasteiger partial charge is 0.478 e. The van der Waals surface area contributed by atoms with Crippen molar-refractivity contribution in [2.45, 2.75) is 25.7 Å². The molecular formula is C15H19N3O2. The lowest BCUT2D eigenvalue weighted by Gasteiger charge is -2.30. The van der Waals surface area contributed by atoms with E-state index in [1.807, 2.05) is 16.8 Å². The van der Waals surface area contributed by atoms with Gasteiger partial charge >= 0.3 is 5.97 Å². The lowest BCUT2D eigenvalue weighted by Crippen LogP contribution is -2.34. The molecule has 1 fully saturated rings. The van der Waals surface area contributed by atoms with E-state index in [9.17, 15) is 9.90 Å². The first-order chi connectivity index (χ1) is 9.69. The van der Waals surface area contributed by atoms with Gasteiger partial charge in [0.05, 0.1) is 5.69 Å². The molecule has 2 aromatic heterocycles. The molecule has 106 valence electrons. The van der Waals surface area contributed by atoms with Gasteiger partial charge in [-0.15, -0.1) is 0 Å². The third-order valence-corrected chi connectivity index (χ3v) is 4.10. The van der Waals surface area contributed by atoms with E-state index in [0.717, 1.165) is 31.7 Å². The summed E-state index contributed by atoms with van der Waals surface area (Å²) in [5, 5.41) is 9.22. The van der Waals surface area contributed by atoms with Crippen molar-refractivity contribution in [3.63, 3.8) is 0 Å². The summed E-state index contributed by atoms with van der Waals surface area (Å²) in [5.74, 6) is -0.517. The molecule has 1 saturated heterocycles. The van der Waals surface area contributed by atoms with Gasteiger partial charge in [-0.2, -0.15) is 0 Å². The minimum absolute atomic E-state index is 0.266. The molecule has 0 saturated carbocycles. The van der Waals surface area contributed by atoms with Crippen LogP contribution in [0.15, 0.2) is 24.5 Å². The minimum atomic E-state index is -0.924. The van der Waals surface area contributed by atoms with Crippen molar-refractivity contribution in [3.05, 3.63) is 35.8 Å². The molecule has 1 N–H and O–H groups in total. The van der Waals surface area contributed by atoms with E-state index in [0.29, 0.717) is 11.6 Å². The lowest BCUT2D eigenvalue weighted by molar-refractivity contribution is 0.0698. The number of rotatable bonds is 3. The van der Waals surface area contributed by atoms with Crippen LogP contribution in [0.4, 0.5) is 0 Å². The van der Waals surface area contributed by atoms with Crippen molar-refractivity contribution in [3.8, 4) is 0 Å². The van der Waals surface area contributed by atoms with E-state index in [2.05, 4.69) is 16.8 Å². The number of aromatic nitrogens is 2. The Balaban J connectivity index is 1.96. The van der Waals surface area contributed by atoms with Gasteiger partial charge in [0.15, 0.2) is 5.65 Å². The SMILES string of the molecule is CCN1CCCC(c2cn3cccc(C(=O)O)c3n2)C1. The monoisotopic (exact) mass is 273 g/mol. The van der Waals surface area contributed by atoms with Gasteiger partial charge in [-0.05, 0) is 38.1 Å². The number of carboxylic acid groups (broad SMARTS) is 1. The van der Waals surface area contributed by atoms with E-state index in [4.69, 9.17) is 0 Å². The zero-order chi connectivity index (χ0) is 14.1. The van der Waals surface area contributed by atoms with Gasteiger partial charge in [-0.1, -0.05) is 6.92 Å². The molecule has 0 bridgehead atoms. The summed E-state index contributed by atoms with van der Waals surface area (Å²) >= 11 is 0. The molecule has 20 heavy (non-hydrogen) atoms. The molecule has 0 amide bonds. The van der Waals surface area contributed by atoms with Crippen LogP contribution in [0.3, 0.4) is 0 Å². The Kier molecular flexibility index (Phi) is 3.44. The van der Waals surface area contributed by atoms with Crippen LogP contribution in [0.5, 0.6) is 0 Å². The van der Waals surface area contributed by atoms with Crippen LogP contribution in [0, 0.1) is 0 Å². The summed E-state index contributed by atoms with van der Waals surface area (Å²) in [6, 6.07) is 3.36. The Bertz CT molecular complexity index is 635. The maximum Gasteiger partial charge on any atom is 0.339 e. The number of nitrogens with zero attached hydrogens (tertiary/aromatic N) is 3. The highest BCUT2D eigenvalue weighted by molar-refractivity contribution is 5.94. The number of imidazole rings is 1. The first-order valence-electron chi connectivity index (χ1n) is 7.12. The van der Waals surface area contributed by atoms with E-state index in [-0.39, 0.29) is 5.56 Å². The molecule has 1 aliphatic heterocycles. The molecule has 0 spiro atoms. The van der Waals surface area contributed by atoms with Gasteiger partial charge in [0.25, 0.3) is 0 Å². The van der Waals surface area contributed by atoms with Gasteiger partial charge in [-0.3, -0.25) is 0 Å². The van der Waals surface area contributed by atoms with Crippen molar-refractivity contribution in [2.24, 2.45) is 0 Å². The fourth-order valence-electron chi connectivity index (χ4n) is 2.98. The minimum Gasteiger partial charge on any atom is -0.478 e. The normalized spacial score (nSPS) is 20.4. The molecule has 0 aliphatic carbocycles. The summed E-state index contributed by atoms with van der Waals surface area (Å²) in [7, 11) is 0. The van der Waals surface area contributed by atoms with Crippen LogP contribution in [0.25, 0.3) is 5.65 Å². The topological polar surface area (TPSA) is 57.8 Å². The molecule has 1 unspecified atom stereocenters. The molecule has 0 aromatic carbocycles. The zero-order valence-corrected chi connectivity index (χ0v) is 11.6. The zero-order valence-electron chi connectivity index (χ0n) is 11.6. The quantitative estimate of drug-likeness (QED) is 0.931. The van der Waals surface area contributed by atoms with Crippen molar-refractivity contribution >= 4 is 11.6 Å². The average Bonchev–Trinajstić information content (AvgIpc) is 2.91. The maximum absolute atomic E-state index is 11.2. The number of piperidine rings is 1. The van der Waals surface area contributed by atoms with E-state index in [1.54, 1.807) is 12.1 Å². The van der Waals surface area contributed by atoms with Crippen molar-refractivity contribution < 1.29 is 9.90 Å². The fraction of sp³-hybridized carbons (Fsp3) is 0.467. The summed E-state index contributed by atoms with van der Waals surface area (Å²) in [6.07, 6.45) is 6.14. The molecule has 3 rings (SSSR count). The number of likely N-dealkylation sites (tertiary alicyclic amines) is 1. The Morgan fingerprint density at radius 1 is 1.55 bits per heavy atom. The number of carbonyl (C=O) groups is 1. The van der Waals surface area contributed by atoms with Crippen LogP contribution < -0.4 is 0 Å². The first kappa shape index (κ1) is 13.1. The summed E-state index contributed by atoms with van der Waals surface area (Å²) in [5.41, 5.74) is 1.82. The number of likely N-dealkylation sites (N-methyl/N-ethyl adjacent to an activating group) is 1. The first-order valence-corrected chi connectivity index (χ1v) is 7.12. The number of hydrogen-bond acceptors (Lipinski definition) is 3. The number of hydrogen-bond donors (Lipinski definition) is 1. The van der Waals surface area contributed by atoms with Crippen LogP contribution in [-0.2, 0) is 0 Å². The van der Waals surface area contributed by atoms with Crippen LogP contribution in [0.1, 0.15) is 41.7 Å². The Morgan fingerprint density at radius 3 is 3.15 bits per heavy atom. The smallest absolute Gasteiger partial charge is 0.339 e. The van der Waals surface area contributed by atoms with Crippen LogP contribution >= 0.6 is 0 Å². The number of carboxylic acids is 1. The highest BCUT2D eigenvalue weighted by Gasteiger charge is 2.23. The summed E-state index contributed by atoms with van der Waals surface area (Å²) in [6.45, 7) is 5.41. The fourth-order valence-corrected chi connectivity index (χ4v) is 2.98. The van der Waals surface area contributed by atoms with Crippen molar-refractivity contribution in [1.29, 1.82) is 0 Å². The predicted molar refractivity (Wildman–Crippen MR) is 76.2 cm³/mol. The molecule has 3 heterocycles. The molecule has 1 aliphatic rings. The van der Waals surface area contributed by atoms with E-state index in [1.165, 1.54) is 6.42 Å². The average molecular weight is 273 g/mol. The van der Waals surface area contributed by atoms with Crippen molar-refractivity contribution in [1.82, 2.24) is 14.3 Å². The summed E-state index contributed by atoms with van der Waals surface area (Å²) in [4.78, 5) is 18.2. The van der Waals surface area contributed by atoms with E-state index < -0.39 is 5.97 Å². The van der Waals surface area contributed by atoms with E-state index >= 15 is 0 Å². The lowest BCUT2D eigenvalue weighted by atomic mass is 9.95. The third kappa shape index (κ3) is 2.29. The second-order valence-corrected chi connectivity index (χ2v) is 5.36. The molecule has 1 atom stereocenters. The number of fused-ring (bicyclic) bond motifs is 1. The van der Waals surface area contributed by atoms with Crippen molar-refractivity contribution in [2.75, 3.05) is 19.6 Å². The van der Waals surface area contributed by atoms with Crippen LogP contribution in [0.2, 0.25) is 0 Å². The van der Waals surface area contributed by atoms with Gasteiger partial charge in [-0.25, -0.2) is 9.78 Å². The van der Waals surface area contributed by atoms with Gasteiger partial charge in [0.1, 0.15) is 5.56 Å². The maximum atomic E-state index is 11.2. The molecular weight excluding hydrogens is 254 g/mol. The standard InChI is InChI=1S/C15H19N3O2/c1-2-17-7-3-5-11(9-17)13-10-18-8-4-6-12(15(19)20)14(18)16-13/h4,6,8,10-11H,2-3,5,7,9H2,1H3,(H,19,20). The predicted octanol–water partition coefficient (Wildman–Crippen LogP) is 2.23. The Morgan fingerprint density at radius 2 is 2.40 bits per heavy atom. The Labute approximate surface area is 117 Å². The summed E-state index contributed by atoms with van der Waals surface area (Å²) < 4.78 is 1.82. The van der Waals surface area contributed by atoms with Gasteiger partial charge < -0.3 is 14.4 Å². The molecule has 5 heteroatoms. The van der Waals surface area contributed by atoms with Gasteiger partial charge in [0, 0.05) is 24.9 Å². The highest BCUT2D eigenvalue weighted by Crippen LogP contribution is 2.27.